The highest BCUT2D eigenvalue weighted by molar-refractivity contribution is 7.93. The summed E-state index contributed by atoms with van der Waals surface area (Å²) >= 11 is 0. The number of rotatable bonds is 5. The summed E-state index contributed by atoms with van der Waals surface area (Å²) in [7, 11) is -7.39. The molecule has 0 bridgehead atoms. The minimum Gasteiger partial charge on any atom is -0.481 e. The summed E-state index contributed by atoms with van der Waals surface area (Å²) in [5.41, 5.74) is -0.522. The first-order chi connectivity index (χ1) is 11.9. The number of anilines is 1. The topological polar surface area (TPSA) is 158 Å². The number of carbonyl (C=O) groups excluding carboxylic acids is 1. The van der Waals surface area contributed by atoms with Crippen LogP contribution in [-0.2, 0) is 19.9 Å². The first-order valence-electron chi connectivity index (χ1n) is 6.69. The molecule has 0 saturated carbocycles. The highest BCUT2D eigenvalue weighted by Gasteiger charge is 2.28. The van der Waals surface area contributed by atoms with Crippen LogP contribution in [0.5, 0.6) is 5.88 Å². The van der Waals surface area contributed by atoms with Crippen LogP contribution >= 0.6 is 0 Å². The molecule has 13 heteroatoms. The van der Waals surface area contributed by atoms with Crippen LogP contribution in [0.2, 0.25) is 0 Å². The molecule has 140 valence electrons. The van der Waals surface area contributed by atoms with E-state index < -0.39 is 53.0 Å². The zero-order valence-electron chi connectivity index (χ0n) is 13.4. The Balaban J connectivity index is 2.59. The summed E-state index contributed by atoms with van der Waals surface area (Å²) in [4.78, 5) is 17.9. The van der Waals surface area contributed by atoms with E-state index in [0.29, 0.717) is 0 Å². The van der Waals surface area contributed by atoms with Crippen molar-refractivity contribution in [1.29, 1.82) is 0 Å². The number of benzene rings is 1. The third-order valence-electron chi connectivity index (χ3n) is 3.01. The maximum absolute atomic E-state index is 13.4. The van der Waals surface area contributed by atoms with Gasteiger partial charge in [-0.3, -0.25) is 10.1 Å². The van der Waals surface area contributed by atoms with Gasteiger partial charge >= 0.3 is 0 Å². The van der Waals surface area contributed by atoms with E-state index >= 15 is 0 Å². The van der Waals surface area contributed by atoms with Crippen molar-refractivity contribution in [3.05, 3.63) is 35.8 Å². The van der Waals surface area contributed by atoms with Crippen molar-refractivity contribution in [1.82, 2.24) is 9.97 Å². The monoisotopic (exact) mass is 404 g/mol. The van der Waals surface area contributed by atoms with Crippen molar-refractivity contribution >= 4 is 31.7 Å². The highest BCUT2D eigenvalue weighted by Crippen LogP contribution is 2.25. The van der Waals surface area contributed by atoms with Crippen LogP contribution in [0.25, 0.3) is 0 Å². The lowest BCUT2D eigenvalue weighted by atomic mass is 10.2. The molecule has 0 atom stereocenters. The Labute approximate surface area is 148 Å². The van der Waals surface area contributed by atoms with E-state index in [2.05, 4.69) is 15.3 Å². The molecule has 1 heterocycles. The summed E-state index contributed by atoms with van der Waals surface area (Å²) < 4.78 is 65.5. The fraction of sp³-hybridized carbons (Fsp3) is 0.154. The summed E-state index contributed by atoms with van der Waals surface area (Å²) in [5.74, 6) is -2.78. The van der Waals surface area contributed by atoms with Gasteiger partial charge in [-0.1, -0.05) is 6.07 Å². The second kappa shape index (κ2) is 6.93. The Morgan fingerprint density at radius 2 is 1.88 bits per heavy atom. The van der Waals surface area contributed by atoms with Gasteiger partial charge in [-0.25, -0.2) is 22.0 Å². The number of sulfonamides is 1. The summed E-state index contributed by atoms with van der Waals surface area (Å²) in [6.07, 6.45) is 0.718. The molecule has 0 aliphatic carbocycles. The molecule has 3 N–H and O–H groups in total. The molecule has 0 fully saturated rings. The number of primary sulfonamides is 1. The molecule has 0 unspecified atom stereocenters. The number of ether oxygens (including phenoxy) is 1. The fourth-order valence-corrected chi connectivity index (χ4v) is 4.46. The maximum atomic E-state index is 13.4. The molecule has 0 aliphatic heterocycles. The zero-order chi connectivity index (χ0) is 19.7. The third kappa shape index (κ3) is 4.30. The SMILES string of the molecule is COc1cc(F)nc(NC(=O)c2cccc(S(N)(=O)=O)c2S(C)(=O)=O)n1. The number of sulfone groups is 1. The average Bonchev–Trinajstić information content (AvgIpc) is 2.51. The Hall–Kier alpha value is -2.64. The minimum absolute atomic E-state index is 0.186. The normalized spacial score (nSPS) is 11.8. The van der Waals surface area contributed by atoms with Crippen LogP contribution in [0.3, 0.4) is 0 Å². The van der Waals surface area contributed by atoms with E-state index in [1.165, 1.54) is 7.11 Å². The number of amides is 1. The predicted octanol–water partition coefficient (Wildman–Crippen LogP) is -0.0725. The molecule has 10 nitrogen and oxygen atoms in total. The van der Waals surface area contributed by atoms with Crippen molar-refractivity contribution < 1.29 is 30.8 Å². The first-order valence-corrected chi connectivity index (χ1v) is 10.1. The standard InChI is InChI=1S/C13H13FN4O6S2/c1-24-10-6-9(14)16-13(17-10)18-12(19)7-4-3-5-8(26(15,22)23)11(7)25(2,20)21/h3-6H,1-2H3,(H2,15,22,23)(H,16,17,18,19). The quantitative estimate of drug-likeness (QED) is 0.655. The van der Waals surface area contributed by atoms with Gasteiger partial charge in [0.15, 0.2) is 9.84 Å². The summed E-state index contributed by atoms with van der Waals surface area (Å²) in [6.45, 7) is 0. The van der Waals surface area contributed by atoms with E-state index in [0.717, 1.165) is 30.5 Å². The molecule has 2 aromatic rings. The lowest BCUT2D eigenvalue weighted by molar-refractivity contribution is 0.102. The number of nitrogens with two attached hydrogens (primary N) is 1. The fourth-order valence-electron chi connectivity index (χ4n) is 2.03. The number of hydrogen-bond acceptors (Lipinski definition) is 8. The molecule has 0 radical (unpaired) electrons. The summed E-state index contributed by atoms with van der Waals surface area (Å²) in [5, 5.41) is 7.10. The molecule has 1 amide bonds. The maximum Gasteiger partial charge on any atom is 0.259 e. The number of nitrogens with zero attached hydrogens (tertiary/aromatic N) is 2. The molecular formula is C13H13FN4O6S2. The van der Waals surface area contributed by atoms with E-state index in [9.17, 15) is 26.0 Å². The van der Waals surface area contributed by atoms with Gasteiger partial charge in [0.05, 0.1) is 23.6 Å². The second-order valence-corrected chi connectivity index (χ2v) is 8.44. The molecule has 0 saturated heterocycles. The predicted molar refractivity (Wildman–Crippen MR) is 87.4 cm³/mol. The van der Waals surface area contributed by atoms with Crippen molar-refractivity contribution in [3.63, 3.8) is 0 Å². The third-order valence-corrected chi connectivity index (χ3v) is 5.27. The van der Waals surface area contributed by atoms with Crippen LogP contribution in [-0.4, -0.2) is 46.1 Å². The van der Waals surface area contributed by atoms with Crippen molar-refractivity contribution in [2.24, 2.45) is 5.14 Å². The van der Waals surface area contributed by atoms with Crippen molar-refractivity contribution in [3.8, 4) is 5.88 Å². The Bertz CT molecular complexity index is 1090. The van der Waals surface area contributed by atoms with E-state index in [-0.39, 0.29) is 5.88 Å². The van der Waals surface area contributed by atoms with E-state index in [1.807, 2.05) is 0 Å². The van der Waals surface area contributed by atoms with Gasteiger partial charge in [0.1, 0.15) is 4.90 Å². The van der Waals surface area contributed by atoms with Crippen LogP contribution in [0.4, 0.5) is 10.3 Å². The van der Waals surface area contributed by atoms with E-state index in [1.54, 1.807) is 0 Å². The Morgan fingerprint density at radius 3 is 2.42 bits per heavy atom. The zero-order valence-corrected chi connectivity index (χ0v) is 15.1. The molecule has 1 aromatic heterocycles. The first kappa shape index (κ1) is 19.7. The number of aromatic nitrogens is 2. The van der Waals surface area contributed by atoms with E-state index in [4.69, 9.17) is 9.88 Å². The molecular weight excluding hydrogens is 391 g/mol. The van der Waals surface area contributed by atoms with Crippen molar-refractivity contribution in [2.45, 2.75) is 9.79 Å². The van der Waals surface area contributed by atoms with Gasteiger partial charge in [0.2, 0.25) is 27.8 Å². The Morgan fingerprint density at radius 1 is 1.23 bits per heavy atom. The summed E-state index contributed by atoms with van der Waals surface area (Å²) in [6, 6.07) is 4.01. The smallest absolute Gasteiger partial charge is 0.259 e. The molecule has 1 aromatic carbocycles. The van der Waals surface area contributed by atoms with Gasteiger partial charge in [-0.15, -0.1) is 0 Å². The van der Waals surface area contributed by atoms with Crippen LogP contribution in [0.15, 0.2) is 34.1 Å². The lowest BCUT2D eigenvalue weighted by Crippen LogP contribution is -2.22. The molecule has 0 aliphatic rings. The number of nitrogens with one attached hydrogen (secondary N) is 1. The molecule has 2 rings (SSSR count). The minimum atomic E-state index is -4.43. The molecule has 0 spiro atoms. The second-order valence-electron chi connectivity index (χ2n) is 4.96. The van der Waals surface area contributed by atoms with Crippen LogP contribution in [0, 0.1) is 5.95 Å². The average molecular weight is 404 g/mol. The number of halogens is 1. The highest BCUT2D eigenvalue weighted by atomic mass is 32.2. The van der Waals surface area contributed by atoms with Gasteiger partial charge in [0, 0.05) is 6.26 Å². The van der Waals surface area contributed by atoms with Crippen LogP contribution < -0.4 is 15.2 Å². The van der Waals surface area contributed by atoms with Crippen molar-refractivity contribution in [2.75, 3.05) is 18.7 Å². The number of hydrogen-bond donors (Lipinski definition) is 2. The van der Waals surface area contributed by atoms with Gasteiger partial charge in [-0.2, -0.15) is 14.4 Å². The largest absolute Gasteiger partial charge is 0.481 e. The lowest BCUT2D eigenvalue weighted by Gasteiger charge is -2.12. The van der Waals surface area contributed by atoms with Gasteiger partial charge in [0.25, 0.3) is 5.91 Å². The van der Waals surface area contributed by atoms with Crippen LogP contribution in [0.1, 0.15) is 10.4 Å². The molecule has 26 heavy (non-hydrogen) atoms. The van der Waals surface area contributed by atoms with Gasteiger partial charge < -0.3 is 4.74 Å². The number of methoxy groups -OCH3 is 1. The number of carbonyl (C=O) groups is 1. The van der Waals surface area contributed by atoms with Gasteiger partial charge in [-0.05, 0) is 12.1 Å². The Kier molecular flexibility index (Phi) is 5.25.